The molecule has 0 bridgehead atoms. The molecule has 8 heteroatoms. The summed E-state index contributed by atoms with van der Waals surface area (Å²) < 4.78 is 14.1. The SMILES string of the molecule is CCN(CC)C(=O)c1cc(NC(=O)c2ccccc2F)ccc1N1CCN(C(=O)C2CCCC2)CC1. The van der Waals surface area contributed by atoms with Crippen LogP contribution in [0.1, 0.15) is 60.2 Å². The summed E-state index contributed by atoms with van der Waals surface area (Å²) >= 11 is 0. The van der Waals surface area contributed by atoms with Crippen molar-refractivity contribution in [2.24, 2.45) is 5.92 Å². The van der Waals surface area contributed by atoms with Crippen LogP contribution in [0.5, 0.6) is 0 Å². The van der Waals surface area contributed by atoms with Gasteiger partial charge in [-0.15, -0.1) is 0 Å². The Morgan fingerprint density at radius 1 is 0.944 bits per heavy atom. The van der Waals surface area contributed by atoms with Crippen molar-refractivity contribution in [3.63, 3.8) is 0 Å². The fourth-order valence-corrected chi connectivity index (χ4v) is 5.18. The standard InChI is InChI=1S/C28H35FN4O3/c1-3-31(4-2)28(36)23-19-21(30-26(34)22-11-7-8-12-24(22)29)13-14-25(23)32-15-17-33(18-16-32)27(35)20-9-5-6-10-20/h7-8,11-14,19-20H,3-6,9-10,15-18H2,1-2H3,(H,30,34). The van der Waals surface area contributed by atoms with E-state index in [4.69, 9.17) is 0 Å². The van der Waals surface area contributed by atoms with E-state index in [1.54, 1.807) is 23.1 Å². The maximum atomic E-state index is 14.1. The molecule has 1 aliphatic heterocycles. The highest BCUT2D eigenvalue weighted by molar-refractivity contribution is 6.06. The lowest BCUT2D eigenvalue weighted by molar-refractivity contribution is -0.135. The van der Waals surface area contributed by atoms with Crippen molar-refractivity contribution in [2.45, 2.75) is 39.5 Å². The molecule has 36 heavy (non-hydrogen) atoms. The molecule has 7 nitrogen and oxygen atoms in total. The lowest BCUT2D eigenvalue weighted by atomic mass is 10.1. The van der Waals surface area contributed by atoms with E-state index in [0.717, 1.165) is 31.4 Å². The summed E-state index contributed by atoms with van der Waals surface area (Å²) in [7, 11) is 0. The average Bonchev–Trinajstić information content (AvgIpc) is 3.44. The smallest absolute Gasteiger partial charge is 0.258 e. The van der Waals surface area contributed by atoms with Gasteiger partial charge in [-0.3, -0.25) is 14.4 Å². The van der Waals surface area contributed by atoms with Gasteiger partial charge in [0.05, 0.1) is 11.1 Å². The summed E-state index contributed by atoms with van der Waals surface area (Å²) in [5.41, 5.74) is 1.64. The number of carbonyl (C=O) groups is 3. The van der Waals surface area contributed by atoms with Crippen LogP contribution in [0.3, 0.4) is 0 Å². The first-order chi connectivity index (χ1) is 17.4. The van der Waals surface area contributed by atoms with Gasteiger partial charge >= 0.3 is 0 Å². The normalized spacial score (nSPS) is 16.2. The molecule has 4 rings (SSSR count). The molecule has 192 valence electrons. The van der Waals surface area contributed by atoms with Crippen LogP contribution in [0.4, 0.5) is 15.8 Å². The molecule has 0 spiro atoms. The van der Waals surface area contributed by atoms with Gasteiger partial charge in [0.15, 0.2) is 0 Å². The minimum Gasteiger partial charge on any atom is -0.367 e. The van der Waals surface area contributed by atoms with E-state index in [2.05, 4.69) is 10.2 Å². The first-order valence-corrected chi connectivity index (χ1v) is 13.0. The van der Waals surface area contributed by atoms with Crippen LogP contribution in [-0.4, -0.2) is 66.8 Å². The average molecular weight is 495 g/mol. The quantitative estimate of drug-likeness (QED) is 0.619. The number of piperazine rings is 1. The lowest BCUT2D eigenvalue weighted by Gasteiger charge is -2.38. The molecule has 0 aromatic heterocycles. The predicted octanol–water partition coefficient (Wildman–Crippen LogP) is 4.40. The highest BCUT2D eigenvalue weighted by atomic mass is 19.1. The van der Waals surface area contributed by atoms with Gasteiger partial charge in [-0.1, -0.05) is 25.0 Å². The van der Waals surface area contributed by atoms with Crippen LogP contribution in [0.2, 0.25) is 0 Å². The second-order valence-corrected chi connectivity index (χ2v) is 9.44. The predicted molar refractivity (Wildman–Crippen MR) is 139 cm³/mol. The van der Waals surface area contributed by atoms with E-state index >= 15 is 0 Å². The summed E-state index contributed by atoms with van der Waals surface area (Å²) in [6, 6.07) is 11.0. The second-order valence-electron chi connectivity index (χ2n) is 9.44. The van der Waals surface area contributed by atoms with Gasteiger partial charge in [-0.05, 0) is 57.0 Å². The fraction of sp³-hybridized carbons (Fsp3) is 0.464. The van der Waals surface area contributed by atoms with Gasteiger partial charge < -0.3 is 20.0 Å². The Morgan fingerprint density at radius 3 is 2.25 bits per heavy atom. The number of anilines is 2. The van der Waals surface area contributed by atoms with Crippen LogP contribution >= 0.6 is 0 Å². The van der Waals surface area contributed by atoms with Crippen molar-refractivity contribution in [3.05, 3.63) is 59.4 Å². The zero-order valence-electron chi connectivity index (χ0n) is 21.1. The van der Waals surface area contributed by atoms with Gasteiger partial charge in [0.2, 0.25) is 5.91 Å². The minimum atomic E-state index is -0.601. The molecule has 0 unspecified atom stereocenters. The summed E-state index contributed by atoms with van der Waals surface area (Å²) in [6.07, 6.45) is 4.24. The molecule has 2 aliphatic rings. The fourth-order valence-electron chi connectivity index (χ4n) is 5.18. The number of nitrogens with zero attached hydrogens (tertiary/aromatic N) is 3. The van der Waals surface area contributed by atoms with Crippen molar-refractivity contribution < 1.29 is 18.8 Å². The van der Waals surface area contributed by atoms with Gasteiger partial charge in [0, 0.05) is 56.6 Å². The third kappa shape index (κ3) is 5.53. The number of halogens is 1. The molecule has 1 saturated heterocycles. The molecule has 1 N–H and O–H groups in total. The van der Waals surface area contributed by atoms with E-state index in [1.807, 2.05) is 24.8 Å². The zero-order valence-corrected chi connectivity index (χ0v) is 21.1. The maximum absolute atomic E-state index is 14.1. The third-order valence-corrected chi connectivity index (χ3v) is 7.29. The molecular weight excluding hydrogens is 459 g/mol. The second kappa shape index (κ2) is 11.5. The first kappa shape index (κ1) is 25.7. The van der Waals surface area contributed by atoms with Crippen LogP contribution in [0.15, 0.2) is 42.5 Å². The van der Waals surface area contributed by atoms with E-state index < -0.39 is 11.7 Å². The molecule has 2 fully saturated rings. The highest BCUT2D eigenvalue weighted by Crippen LogP contribution is 2.30. The Bertz CT molecular complexity index is 1100. The molecule has 0 atom stereocenters. The molecule has 2 aromatic carbocycles. The van der Waals surface area contributed by atoms with Crippen molar-refractivity contribution in [1.82, 2.24) is 9.80 Å². The van der Waals surface area contributed by atoms with Crippen LogP contribution < -0.4 is 10.2 Å². The topological polar surface area (TPSA) is 73.0 Å². The van der Waals surface area contributed by atoms with Crippen molar-refractivity contribution in [1.29, 1.82) is 0 Å². The van der Waals surface area contributed by atoms with E-state index in [9.17, 15) is 18.8 Å². The Labute approximate surface area is 212 Å². The summed E-state index contributed by atoms with van der Waals surface area (Å²) in [6.45, 7) is 7.50. The van der Waals surface area contributed by atoms with Crippen molar-refractivity contribution >= 4 is 29.1 Å². The largest absolute Gasteiger partial charge is 0.367 e. The van der Waals surface area contributed by atoms with E-state index in [0.29, 0.717) is 50.5 Å². The first-order valence-electron chi connectivity index (χ1n) is 13.0. The number of hydrogen-bond donors (Lipinski definition) is 1. The number of carbonyl (C=O) groups excluding carboxylic acids is 3. The maximum Gasteiger partial charge on any atom is 0.258 e. The van der Waals surface area contributed by atoms with Crippen LogP contribution in [-0.2, 0) is 4.79 Å². The number of nitrogens with one attached hydrogen (secondary N) is 1. The monoisotopic (exact) mass is 494 g/mol. The van der Waals surface area contributed by atoms with Crippen molar-refractivity contribution in [2.75, 3.05) is 49.5 Å². The minimum absolute atomic E-state index is 0.0544. The highest BCUT2D eigenvalue weighted by Gasteiger charge is 2.30. The third-order valence-electron chi connectivity index (χ3n) is 7.29. The van der Waals surface area contributed by atoms with E-state index in [1.165, 1.54) is 18.2 Å². The lowest BCUT2D eigenvalue weighted by Crippen LogP contribution is -2.50. The molecule has 1 aliphatic carbocycles. The molecular formula is C28H35FN4O3. The zero-order chi connectivity index (χ0) is 25.7. The van der Waals surface area contributed by atoms with Crippen molar-refractivity contribution in [3.8, 4) is 0 Å². The Hall–Kier alpha value is -3.42. The Balaban J connectivity index is 1.54. The van der Waals surface area contributed by atoms with E-state index in [-0.39, 0.29) is 23.3 Å². The summed E-state index contributed by atoms with van der Waals surface area (Å²) in [4.78, 5) is 44.8. The number of hydrogen-bond acceptors (Lipinski definition) is 4. The molecule has 1 heterocycles. The number of rotatable bonds is 7. The van der Waals surface area contributed by atoms with Gasteiger partial charge in [-0.25, -0.2) is 4.39 Å². The molecule has 3 amide bonds. The summed E-state index contributed by atoms with van der Waals surface area (Å²) in [5, 5.41) is 2.73. The molecule has 2 aromatic rings. The van der Waals surface area contributed by atoms with Gasteiger partial charge in [0.25, 0.3) is 11.8 Å². The van der Waals surface area contributed by atoms with Crippen LogP contribution in [0, 0.1) is 11.7 Å². The molecule has 0 radical (unpaired) electrons. The summed E-state index contributed by atoms with van der Waals surface area (Å²) in [5.74, 6) is -0.870. The van der Waals surface area contributed by atoms with Gasteiger partial charge in [-0.2, -0.15) is 0 Å². The Morgan fingerprint density at radius 2 is 1.61 bits per heavy atom. The van der Waals surface area contributed by atoms with Gasteiger partial charge in [0.1, 0.15) is 5.82 Å². The number of benzene rings is 2. The van der Waals surface area contributed by atoms with Crippen LogP contribution in [0.25, 0.3) is 0 Å². The Kier molecular flexibility index (Phi) is 8.23. The molecule has 1 saturated carbocycles. The number of amides is 3.